The van der Waals surface area contributed by atoms with Crippen molar-refractivity contribution in [3.63, 3.8) is 0 Å². The predicted molar refractivity (Wildman–Crippen MR) is 92.4 cm³/mol. The van der Waals surface area contributed by atoms with Crippen molar-refractivity contribution in [2.75, 3.05) is 4.61 Å². The number of phenols is 3. The van der Waals surface area contributed by atoms with Crippen LogP contribution in [0.15, 0.2) is 45.6 Å². The molecule has 0 saturated heterocycles. The largest absolute Gasteiger partial charge is 0.508 e. The van der Waals surface area contributed by atoms with E-state index in [0.717, 1.165) is 0 Å². The normalized spacial score (nSPS) is 10.8. The predicted octanol–water partition coefficient (Wildman–Crippen LogP) is 3.35. The molecule has 0 radical (unpaired) electrons. The molecule has 3 aromatic rings. The molecule has 1 aromatic heterocycles. The quantitative estimate of drug-likeness (QED) is 0.439. The third-order valence-electron chi connectivity index (χ3n) is 3.28. The Kier molecular flexibility index (Phi) is 4.03. The van der Waals surface area contributed by atoms with Crippen LogP contribution in [0.1, 0.15) is 0 Å². The molecule has 0 amide bonds. The van der Waals surface area contributed by atoms with E-state index in [9.17, 15) is 20.1 Å². The minimum absolute atomic E-state index is 0.0383. The van der Waals surface area contributed by atoms with Gasteiger partial charge in [0.25, 0.3) is 0 Å². The number of phenolic OH excluding ortho intramolecular Hbond substituents is 3. The Hall–Kier alpha value is -2.42. The fourth-order valence-electron chi connectivity index (χ4n) is 2.24. The molecule has 2 aromatic carbocycles. The number of benzene rings is 2. The van der Waals surface area contributed by atoms with Crippen molar-refractivity contribution in [1.82, 2.24) is 0 Å². The molecule has 0 spiro atoms. The van der Waals surface area contributed by atoms with Gasteiger partial charge in [-0.2, -0.15) is 0 Å². The average molecular weight is 426 g/mol. The second kappa shape index (κ2) is 5.99. The molecular weight excluding hydrogens is 415 g/mol. The Morgan fingerprint density at radius 1 is 1.09 bits per heavy atom. The van der Waals surface area contributed by atoms with E-state index in [1.54, 1.807) is 12.1 Å². The van der Waals surface area contributed by atoms with Gasteiger partial charge >= 0.3 is 0 Å². The maximum Gasteiger partial charge on any atom is 0.204 e. The highest BCUT2D eigenvalue weighted by Gasteiger charge is 2.19. The number of alkyl halides is 1. The van der Waals surface area contributed by atoms with Crippen LogP contribution in [0.25, 0.3) is 22.3 Å². The van der Waals surface area contributed by atoms with Crippen LogP contribution in [0.2, 0.25) is 0 Å². The van der Waals surface area contributed by atoms with Crippen molar-refractivity contribution in [2.45, 2.75) is 0 Å². The Morgan fingerprint density at radius 3 is 2.43 bits per heavy atom. The lowest BCUT2D eigenvalue weighted by Crippen LogP contribution is -2.02. The third kappa shape index (κ3) is 2.79. The van der Waals surface area contributed by atoms with Gasteiger partial charge in [-0.15, -0.1) is 0 Å². The van der Waals surface area contributed by atoms with E-state index in [4.69, 9.17) is 9.15 Å². The Morgan fingerprint density at radius 2 is 1.78 bits per heavy atom. The summed E-state index contributed by atoms with van der Waals surface area (Å²) in [4.78, 5) is 12.3. The highest BCUT2D eigenvalue weighted by atomic mass is 127. The molecule has 0 aliphatic rings. The van der Waals surface area contributed by atoms with Crippen molar-refractivity contribution in [3.05, 3.63) is 46.6 Å². The van der Waals surface area contributed by atoms with Crippen LogP contribution in [0.5, 0.6) is 23.0 Å². The first-order chi connectivity index (χ1) is 11.0. The first-order valence-corrected chi connectivity index (χ1v) is 8.04. The van der Waals surface area contributed by atoms with Crippen molar-refractivity contribution in [1.29, 1.82) is 0 Å². The summed E-state index contributed by atoms with van der Waals surface area (Å²) in [6.07, 6.45) is 0. The summed E-state index contributed by atoms with van der Waals surface area (Å²) < 4.78 is 10.9. The number of fused-ring (bicyclic) bond motifs is 1. The van der Waals surface area contributed by atoms with Gasteiger partial charge in [-0.05, 0) is 46.9 Å². The van der Waals surface area contributed by atoms with Crippen molar-refractivity contribution >= 4 is 33.6 Å². The van der Waals surface area contributed by atoms with Crippen molar-refractivity contribution in [2.24, 2.45) is 0 Å². The molecule has 23 heavy (non-hydrogen) atoms. The fraction of sp³-hybridized carbons (Fsp3) is 0.0625. The third-order valence-corrected chi connectivity index (χ3v) is 3.59. The lowest BCUT2D eigenvalue weighted by Gasteiger charge is -2.10. The summed E-state index contributed by atoms with van der Waals surface area (Å²) >= 11 is 1.91. The molecule has 1 heterocycles. The lowest BCUT2D eigenvalue weighted by atomic mass is 10.1. The molecule has 7 heteroatoms. The first kappa shape index (κ1) is 15.5. The van der Waals surface area contributed by atoms with Crippen LogP contribution in [-0.2, 0) is 0 Å². The Bertz CT molecular complexity index is 930. The molecule has 0 aliphatic heterocycles. The molecule has 3 rings (SSSR count). The maximum absolute atomic E-state index is 12.3. The summed E-state index contributed by atoms with van der Waals surface area (Å²) in [5.41, 5.74) is 0.148. The van der Waals surface area contributed by atoms with Gasteiger partial charge < -0.3 is 24.5 Å². The van der Waals surface area contributed by atoms with Gasteiger partial charge in [-0.3, -0.25) is 4.79 Å². The summed E-state index contributed by atoms with van der Waals surface area (Å²) in [6.45, 7) is 0. The van der Waals surface area contributed by atoms with Crippen LogP contribution < -0.4 is 10.2 Å². The van der Waals surface area contributed by atoms with Gasteiger partial charge in [-0.1, -0.05) is 0 Å². The minimum Gasteiger partial charge on any atom is -0.508 e. The molecule has 118 valence electrons. The van der Waals surface area contributed by atoms with Crippen molar-refractivity contribution in [3.8, 4) is 34.3 Å². The zero-order chi connectivity index (χ0) is 16.6. The van der Waals surface area contributed by atoms with Gasteiger partial charge in [0.15, 0.2) is 16.9 Å². The standard InChI is InChI=1S/C16H11IO6/c17-7-22-16-11(20)6-13-14(15(16)21)10(19)5-12(23-13)8-1-3-9(18)4-2-8/h1-6,18,20-21H,7H2. The molecule has 6 nitrogen and oxygen atoms in total. The van der Waals surface area contributed by atoms with Crippen LogP contribution in [0.3, 0.4) is 0 Å². The van der Waals surface area contributed by atoms with E-state index in [2.05, 4.69) is 0 Å². The molecule has 3 N–H and O–H groups in total. The molecule has 0 saturated carbocycles. The second-order valence-corrected chi connectivity index (χ2v) is 5.34. The van der Waals surface area contributed by atoms with E-state index in [1.165, 1.54) is 24.3 Å². The number of rotatable bonds is 3. The second-order valence-electron chi connectivity index (χ2n) is 4.72. The van der Waals surface area contributed by atoms with Gasteiger partial charge in [-0.25, -0.2) is 0 Å². The summed E-state index contributed by atoms with van der Waals surface area (Å²) in [5, 5.41) is 29.3. The van der Waals surface area contributed by atoms with Crippen LogP contribution in [0, 0.1) is 0 Å². The molecule has 0 fully saturated rings. The van der Waals surface area contributed by atoms with Crippen molar-refractivity contribution < 1.29 is 24.5 Å². The van der Waals surface area contributed by atoms with Gasteiger partial charge in [0, 0.05) is 17.7 Å². The van der Waals surface area contributed by atoms with E-state index in [0.29, 0.717) is 5.56 Å². The summed E-state index contributed by atoms with van der Waals surface area (Å²) in [5.74, 6) is -0.589. The fourth-order valence-corrected chi connectivity index (χ4v) is 2.55. The highest BCUT2D eigenvalue weighted by molar-refractivity contribution is 14.1. The number of aromatic hydroxyl groups is 3. The number of halogens is 1. The molecule has 0 atom stereocenters. The van der Waals surface area contributed by atoms with E-state index < -0.39 is 11.2 Å². The van der Waals surface area contributed by atoms with E-state index >= 15 is 0 Å². The van der Waals surface area contributed by atoms with Gasteiger partial charge in [0.1, 0.15) is 27.1 Å². The van der Waals surface area contributed by atoms with Crippen LogP contribution >= 0.6 is 22.6 Å². The smallest absolute Gasteiger partial charge is 0.204 e. The topological polar surface area (TPSA) is 100 Å². The van der Waals surface area contributed by atoms with E-state index in [-0.39, 0.29) is 38.6 Å². The monoisotopic (exact) mass is 426 g/mol. The molecular formula is C16H11IO6. The first-order valence-electron chi connectivity index (χ1n) is 6.52. The molecule has 0 aliphatic carbocycles. The minimum atomic E-state index is -0.467. The van der Waals surface area contributed by atoms with Gasteiger partial charge in [0.05, 0.1) is 0 Å². The number of ether oxygens (including phenoxy) is 1. The molecule has 0 unspecified atom stereocenters. The Labute approximate surface area is 143 Å². The maximum atomic E-state index is 12.3. The lowest BCUT2D eigenvalue weighted by molar-refractivity contribution is 0.340. The average Bonchev–Trinajstić information content (AvgIpc) is 2.51. The summed E-state index contributed by atoms with van der Waals surface area (Å²) in [7, 11) is 0. The zero-order valence-corrected chi connectivity index (χ0v) is 13.8. The number of hydrogen-bond donors (Lipinski definition) is 3. The highest BCUT2D eigenvalue weighted by Crippen LogP contribution is 2.41. The molecule has 0 bridgehead atoms. The van der Waals surface area contributed by atoms with Gasteiger partial charge in [0.2, 0.25) is 5.75 Å². The summed E-state index contributed by atoms with van der Waals surface area (Å²) in [6, 6.07) is 8.57. The SMILES string of the molecule is O=c1cc(-c2ccc(O)cc2)oc2cc(O)c(OCI)c(O)c12. The van der Waals surface area contributed by atoms with Crippen LogP contribution in [0.4, 0.5) is 0 Å². The van der Waals surface area contributed by atoms with E-state index in [1.807, 2.05) is 22.6 Å². The zero-order valence-electron chi connectivity index (χ0n) is 11.6. The number of hydrogen-bond acceptors (Lipinski definition) is 6. The van der Waals surface area contributed by atoms with Crippen LogP contribution in [-0.4, -0.2) is 19.9 Å². The Balaban J connectivity index is 2.25.